The van der Waals surface area contributed by atoms with Gasteiger partial charge in [-0.05, 0) is 18.6 Å². The number of pyridine rings is 1. The third-order valence-corrected chi connectivity index (χ3v) is 1.74. The van der Waals surface area contributed by atoms with Crippen LogP contribution in [0.25, 0.3) is 0 Å². The molecule has 0 aliphatic carbocycles. The minimum Gasteiger partial charge on any atom is -0.481 e. The van der Waals surface area contributed by atoms with Crippen LogP contribution in [0.4, 0.5) is 0 Å². The summed E-state index contributed by atoms with van der Waals surface area (Å²) in [6.45, 7) is 0. The van der Waals surface area contributed by atoms with Crippen LogP contribution in [-0.2, 0) is 4.79 Å². The van der Waals surface area contributed by atoms with Crippen molar-refractivity contribution in [3.63, 3.8) is 0 Å². The fourth-order valence-corrected chi connectivity index (χ4v) is 1.02. The van der Waals surface area contributed by atoms with Crippen LogP contribution in [0, 0.1) is 0 Å². The lowest BCUT2D eigenvalue weighted by Gasteiger charge is -2.08. The fraction of sp³-hybridized carbons (Fsp3) is 0.333. The minimum absolute atomic E-state index is 0.0811. The van der Waals surface area contributed by atoms with E-state index in [-0.39, 0.29) is 12.5 Å². The fourth-order valence-electron chi connectivity index (χ4n) is 1.02. The average Bonchev–Trinajstić information content (AvgIpc) is 2.15. The number of carboxylic acid groups (broad SMARTS) is 1. The molecule has 0 aliphatic rings. The van der Waals surface area contributed by atoms with Gasteiger partial charge in [0.05, 0.1) is 5.69 Å². The first-order valence-electron chi connectivity index (χ1n) is 4.08. The van der Waals surface area contributed by atoms with Crippen molar-refractivity contribution in [2.24, 2.45) is 5.73 Å². The van der Waals surface area contributed by atoms with Crippen LogP contribution in [0.5, 0.6) is 0 Å². The number of aromatic nitrogens is 1. The van der Waals surface area contributed by atoms with Gasteiger partial charge < -0.3 is 10.8 Å². The van der Waals surface area contributed by atoms with Gasteiger partial charge in [0.25, 0.3) is 0 Å². The molecular formula is C9H12N2O2. The Kier molecular flexibility index (Phi) is 3.40. The normalized spacial score (nSPS) is 12.4. The summed E-state index contributed by atoms with van der Waals surface area (Å²) in [7, 11) is 0. The van der Waals surface area contributed by atoms with Gasteiger partial charge in [0.1, 0.15) is 0 Å². The van der Waals surface area contributed by atoms with E-state index in [0.717, 1.165) is 5.69 Å². The Bertz CT molecular complexity index is 274. The predicted molar refractivity (Wildman–Crippen MR) is 48.0 cm³/mol. The maximum absolute atomic E-state index is 10.3. The quantitative estimate of drug-likeness (QED) is 0.723. The molecular weight excluding hydrogens is 168 g/mol. The average molecular weight is 180 g/mol. The molecule has 4 heteroatoms. The first-order chi connectivity index (χ1) is 6.20. The molecule has 0 aliphatic heterocycles. The van der Waals surface area contributed by atoms with Gasteiger partial charge in [-0.3, -0.25) is 9.78 Å². The highest BCUT2D eigenvalue weighted by Crippen LogP contribution is 2.11. The Hall–Kier alpha value is -1.42. The molecule has 70 valence electrons. The molecule has 0 aromatic carbocycles. The molecule has 0 radical (unpaired) electrons. The zero-order valence-corrected chi connectivity index (χ0v) is 7.18. The molecule has 0 bridgehead atoms. The second-order valence-electron chi connectivity index (χ2n) is 2.79. The Morgan fingerprint density at radius 3 is 2.92 bits per heavy atom. The van der Waals surface area contributed by atoms with Crippen LogP contribution >= 0.6 is 0 Å². The van der Waals surface area contributed by atoms with Gasteiger partial charge in [0.15, 0.2) is 0 Å². The highest BCUT2D eigenvalue weighted by atomic mass is 16.4. The van der Waals surface area contributed by atoms with Crippen molar-refractivity contribution in [2.45, 2.75) is 18.9 Å². The maximum Gasteiger partial charge on any atom is 0.303 e. The largest absolute Gasteiger partial charge is 0.481 e. The lowest BCUT2D eigenvalue weighted by molar-refractivity contribution is -0.137. The van der Waals surface area contributed by atoms with Gasteiger partial charge in [-0.1, -0.05) is 6.07 Å². The smallest absolute Gasteiger partial charge is 0.303 e. The number of nitrogens with zero attached hydrogens (tertiary/aromatic N) is 1. The van der Waals surface area contributed by atoms with E-state index in [4.69, 9.17) is 10.8 Å². The second-order valence-corrected chi connectivity index (χ2v) is 2.79. The first-order valence-corrected chi connectivity index (χ1v) is 4.08. The molecule has 1 rings (SSSR count). The van der Waals surface area contributed by atoms with Crippen LogP contribution in [0.3, 0.4) is 0 Å². The highest BCUT2D eigenvalue weighted by molar-refractivity contribution is 5.66. The third-order valence-electron chi connectivity index (χ3n) is 1.74. The monoisotopic (exact) mass is 180 g/mol. The van der Waals surface area contributed by atoms with E-state index in [1.54, 1.807) is 18.3 Å². The summed E-state index contributed by atoms with van der Waals surface area (Å²) in [6.07, 6.45) is 2.15. The molecule has 4 nitrogen and oxygen atoms in total. The lowest BCUT2D eigenvalue weighted by atomic mass is 10.1. The predicted octanol–water partition coefficient (Wildman–Crippen LogP) is 0.946. The Morgan fingerprint density at radius 2 is 2.38 bits per heavy atom. The van der Waals surface area contributed by atoms with Crippen molar-refractivity contribution >= 4 is 5.97 Å². The molecule has 1 heterocycles. The Balaban J connectivity index is 2.49. The van der Waals surface area contributed by atoms with Gasteiger partial charge in [-0.25, -0.2) is 0 Å². The maximum atomic E-state index is 10.3. The van der Waals surface area contributed by atoms with E-state index in [1.807, 2.05) is 6.07 Å². The molecule has 1 aromatic rings. The van der Waals surface area contributed by atoms with Crippen molar-refractivity contribution in [1.29, 1.82) is 0 Å². The Morgan fingerprint density at radius 1 is 1.62 bits per heavy atom. The van der Waals surface area contributed by atoms with Gasteiger partial charge >= 0.3 is 5.97 Å². The summed E-state index contributed by atoms with van der Waals surface area (Å²) < 4.78 is 0. The highest BCUT2D eigenvalue weighted by Gasteiger charge is 2.08. The summed E-state index contributed by atoms with van der Waals surface area (Å²) in [5, 5.41) is 8.43. The zero-order valence-electron chi connectivity index (χ0n) is 7.18. The van der Waals surface area contributed by atoms with Crippen molar-refractivity contribution < 1.29 is 9.90 Å². The van der Waals surface area contributed by atoms with Crippen molar-refractivity contribution in [2.75, 3.05) is 0 Å². The van der Waals surface area contributed by atoms with Gasteiger partial charge in [-0.15, -0.1) is 0 Å². The van der Waals surface area contributed by atoms with E-state index in [9.17, 15) is 4.79 Å². The van der Waals surface area contributed by atoms with Crippen LogP contribution in [-0.4, -0.2) is 16.1 Å². The minimum atomic E-state index is -0.827. The number of hydrogen-bond donors (Lipinski definition) is 2. The molecule has 1 atom stereocenters. The number of aliphatic carboxylic acids is 1. The number of hydrogen-bond acceptors (Lipinski definition) is 3. The molecule has 0 fully saturated rings. The topological polar surface area (TPSA) is 76.2 Å². The molecule has 0 saturated heterocycles. The van der Waals surface area contributed by atoms with E-state index in [1.165, 1.54) is 0 Å². The molecule has 13 heavy (non-hydrogen) atoms. The first kappa shape index (κ1) is 9.67. The van der Waals surface area contributed by atoms with E-state index in [0.29, 0.717) is 6.42 Å². The van der Waals surface area contributed by atoms with Crippen LogP contribution in [0.1, 0.15) is 24.6 Å². The number of carbonyl (C=O) groups is 1. The van der Waals surface area contributed by atoms with Crippen molar-refractivity contribution in [3.8, 4) is 0 Å². The summed E-state index contributed by atoms with van der Waals surface area (Å²) >= 11 is 0. The second kappa shape index (κ2) is 4.57. The summed E-state index contributed by atoms with van der Waals surface area (Å²) in [6, 6.07) is 5.15. The molecule has 1 aromatic heterocycles. The Labute approximate surface area is 76.4 Å². The van der Waals surface area contributed by atoms with Gasteiger partial charge in [-0.2, -0.15) is 0 Å². The van der Waals surface area contributed by atoms with Gasteiger partial charge in [0.2, 0.25) is 0 Å². The number of nitrogens with two attached hydrogens (primary N) is 1. The molecule has 3 N–H and O–H groups in total. The lowest BCUT2D eigenvalue weighted by Crippen LogP contribution is -2.13. The van der Waals surface area contributed by atoms with E-state index in [2.05, 4.69) is 4.98 Å². The van der Waals surface area contributed by atoms with Crippen LogP contribution in [0.2, 0.25) is 0 Å². The summed E-state index contributed by atoms with van der Waals surface area (Å²) in [4.78, 5) is 14.3. The van der Waals surface area contributed by atoms with Crippen molar-refractivity contribution in [3.05, 3.63) is 30.1 Å². The zero-order chi connectivity index (χ0) is 9.68. The van der Waals surface area contributed by atoms with E-state index >= 15 is 0 Å². The van der Waals surface area contributed by atoms with Crippen molar-refractivity contribution in [1.82, 2.24) is 4.98 Å². The summed E-state index contributed by atoms with van der Waals surface area (Å²) in [5.41, 5.74) is 6.46. The number of rotatable bonds is 4. The SMILES string of the molecule is NC(CCC(=O)O)c1ccccn1. The van der Waals surface area contributed by atoms with Gasteiger partial charge in [0, 0.05) is 18.7 Å². The number of carboxylic acids is 1. The van der Waals surface area contributed by atoms with Crippen LogP contribution < -0.4 is 5.73 Å². The molecule has 0 amide bonds. The van der Waals surface area contributed by atoms with E-state index < -0.39 is 5.97 Å². The summed E-state index contributed by atoms with van der Waals surface area (Å²) in [5.74, 6) is -0.827. The van der Waals surface area contributed by atoms with Crippen LogP contribution in [0.15, 0.2) is 24.4 Å². The molecule has 0 saturated carbocycles. The third kappa shape index (κ3) is 3.21. The molecule has 0 spiro atoms. The molecule has 1 unspecified atom stereocenters. The standard InChI is InChI=1S/C9H12N2O2/c10-7(4-5-9(12)13)8-3-1-2-6-11-8/h1-3,6-7H,4-5,10H2,(H,12,13).